The molecule has 1 aromatic heterocycles. The van der Waals surface area contributed by atoms with Gasteiger partial charge < -0.3 is 5.32 Å². The van der Waals surface area contributed by atoms with Crippen LogP contribution in [0.5, 0.6) is 0 Å². The van der Waals surface area contributed by atoms with Crippen molar-refractivity contribution in [1.82, 2.24) is 10.2 Å². The van der Waals surface area contributed by atoms with Crippen molar-refractivity contribution in [2.45, 2.75) is 37.6 Å². The first-order chi connectivity index (χ1) is 9.86. The minimum absolute atomic E-state index is 0.272. The number of benzene rings is 1. The van der Waals surface area contributed by atoms with Crippen LogP contribution < -0.4 is 5.32 Å². The Balaban J connectivity index is 1.72. The molecule has 1 N–H and O–H groups in total. The summed E-state index contributed by atoms with van der Waals surface area (Å²) in [6.07, 6.45) is 6.51. The zero-order chi connectivity index (χ0) is 13.8. The van der Waals surface area contributed by atoms with Crippen LogP contribution in [0.25, 0.3) is 0 Å². The van der Waals surface area contributed by atoms with Gasteiger partial charge in [0.15, 0.2) is 0 Å². The zero-order valence-electron chi connectivity index (χ0n) is 11.5. The maximum atomic E-state index is 4.29. The van der Waals surface area contributed by atoms with Gasteiger partial charge in [0.1, 0.15) is 5.01 Å². The minimum atomic E-state index is 0.272. The maximum Gasteiger partial charge on any atom is 0.206 e. The standard InChI is InChI=1S/C16H19N3S/c1-2-3-9-14(12-7-5-4-6-8-12)17-16-19-18-15(20-16)13-10-11-13/h2,4-8,13-14H,1,3,9-11H2,(H,17,19). The summed E-state index contributed by atoms with van der Waals surface area (Å²) in [7, 11) is 0. The molecule has 1 aliphatic carbocycles. The highest BCUT2D eigenvalue weighted by molar-refractivity contribution is 7.15. The molecule has 0 bridgehead atoms. The predicted molar refractivity (Wildman–Crippen MR) is 84.1 cm³/mol. The molecule has 2 aromatic rings. The number of hydrogen-bond acceptors (Lipinski definition) is 4. The Morgan fingerprint density at radius 3 is 2.80 bits per heavy atom. The van der Waals surface area contributed by atoms with E-state index in [1.807, 2.05) is 12.1 Å². The van der Waals surface area contributed by atoms with Gasteiger partial charge in [0.2, 0.25) is 5.13 Å². The van der Waals surface area contributed by atoms with Crippen LogP contribution >= 0.6 is 11.3 Å². The summed E-state index contributed by atoms with van der Waals surface area (Å²) in [4.78, 5) is 0. The van der Waals surface area contributed by atoms with E-state index >= 15 is 0 Å². The number of nitrogens with zero attached hydrogens (tertiary/aromatic N) is 2. The highest BCUT2D eigenvalue weighted by Gasteiger charge is 2.27. The molecule has 1 unspecified atom stereocenters. The second-order valence-corrected chi connectivity index (χ2v) is 6.20. The van der Waals surface area contributed by atoms with Gasteiger partial charge in [0.25, 0.3) is 0 Å². The van der Waals surface area contributed by atoms with Crippen LogP contribution in [0.3, 0.4) is 0 Å². The van der Waals surface area contributed by atoms with E-state index in [0.717, 1.165) is 18.0 Å². The lowest BCUT2D eigenvalue weighted by atomic mass is 10.0. The second kappa shape index (κ2) is 6.18. The van der Waals surface area contributed by atoms with Gasteiger partial charge in [-0.1, -0.05) is 47.7 Å². The van der Waals surface area contributed by atoms with Crippen LogP contribution in [0.1, 0.15) is 48.2 Å². The third-order valence-electron chi connectivity index (χ3n) is 3.53. The summed E-state index contributed by atoms with van der Waals surface area (Å²) in [6, 6.07) is 10.8. The molecule has 1 saturated carbocycles. The Hall–Kier alpha value is -1.68. The quantitative estimate of drug-likeness (QED) is 0.759. The van der Waals surface area contributed by atoms with Crippen molar-refractivity contribution >= 4 is 16.5 Å². The SMILES string of the molecule is C=CCCC(Nc1nnc(C2CC2)s1)c1ccccc1. The molecular weight excluding hydrogens is 266 g/mol. The molecule has 0 amide bonds. The normalized spacial score (nSPS) is 15.8. The fourth-order valence-electron chi connectivity index (χ4n) is 2.23. The zero-order valence-corrected chi connectivity index (χ0v) is 12.3. The number of nitrogens with one attached hydrogen (secondary N) is 1. The van der Waals surface area contributed by atoms with Crippen LogP contribution in [0, 0.1) is 0 Å². The Labute approximate surface area is 123 Å². The Morgan fingerprint density at radius 2 is 2.10 bits per heavy atom. The van der Waals surface area contributed by atoms with Crippen molar-refractivity contribution in [1.29, 1.82) is 0 Å². The minimum Gasteiger partial charge on any atom is -0.353 e. The Kier molecular flexibility index (Phi) is 4.11. The molecule has 0 spiro atoms. The van der Waals surface area contributed by atoms with Gasteiger partial charge in [0.05, 0.1) is 6.04 Å². The summed E-state index contributed by atoms with van der Waals surface area (Å²) >= 11 is 1.70. The van der Waals surface area contributed by atoms with Crippen LogP contribution in [0.15, 0.2) is 43.0 Å². The van der Waals surface area contributed by atoms with Crippen LogP contribution in [0.2, 0.25) is 0 Å². The van der Waals surface area contributed by atoms with Gasteiger partial charge in [-0.15, -0.1) is 16.8 Å². The topological polar surface area (TPSA) is 37.8 Å². The predicted octanol–water partition coefficient (Wildman–Crippen LogP) is 4.53. The second-order valence-electron chi connectivity index (χ2n) is 5.19. The molecule has 104 valence electrons. The van der Waals surface area contributed by atoms with Crippen molar-refractivity contribution in [2.75, 3.05) is 5.32 Å². The van der Waals surface area contributed by atoms with Gasteiger partial charge >= 0.3 is 0 Å². The van der Waals surface area contributed by atoms with E-state index < -0.39 is 0 Å². The summed E-state index contributed by atoms with van der Waals surface area (Å²) in [5.41, 5.74) is 1.29. The average Bonchev–Trinajstić information content (AvgIpc) is 3.24. The van der Waals surface area contributed by atoms with Crippen molar-refractivity contribution in [3.05, 3.63) is 53.6 Å². The number of hydrogen-bond donors (Lipinski definition) is 1. The average molecular weight is 285 g/mol. The van der Waals surface area contributed by atoms with Crippen molar-refractivity contribution in [3.63, 3.8) is 0 Å². The lowest BCUT2D eigenvalue weighted by Gasteiger charge is -2.17. The first-order valence-electron chi connectivity index (χ1n) is 7.12. The highest BCUT2D eigenvalue weighted by Crippen LogP contribution is 2.42. The maximum absolute atomic E-state index is 4.29. The lowest BCUT2D eigenvalue weighted by molar-refractivity contribution is 0.702. The largest absolute Gasteiger partial charge is 0.353 e. The number of allylic oxidation sites excluding steroid dienone is 1. The highest BCUT2D eigenvalue weighted by atomic mass is 32.1. The molecule has 20 heavy (non-hydrogen) atoms. The molecule has 1 aromatic carbocycles. The van der Waals surface area contributed by atoms with Crippen LogP contribution in [0.4, 0.5) is 5.13 Å². The third-order valence-corrected chi connectivity index (χ3v) is 4.54. The fourth-order valence-corrected chi connectivity index (χ4v) is 3.19. The monoisotopic (exact) mass is 285 g/mol. The summed E-state index contributed by atoms with van der Waals surface area (Å²) in [6.45, 7) is 3.82. The molecule has 0 radical (unpaired) electrons. The van der Waals surface area contributed by atoms with Gasteiger partial charge in [-0.3, -0.25) is 0 Å². The molecule has 1 aliphatic rings. The number of anilines is 1. The molecule has 1 atom stereocenters. The summed E-state index contributed by atoms with van der Waals surface area (Å²) < 4.78 is 0. The van der Waals surface area contributed by atoms with Crippen LogP contribution in [-0.4, -0.2) is 10.2 Å². The van der Waals surface area contributed by atoms with E-state index in [9.17, 15) is 0 Å². The first-order valence-corrected chi connectivity index (χ1v) is 7.94. The molecule has 1 heterocycles. The first kappa shape index (κ1) is 13.3. The van der Waals surface area contributed by atoms with E-state index in [-0.39, 0.29) is 6.04 Å². The molecule has 3 nitrogen and oxygen atoms in total. The molecule has 0 saturated heterocycles. The fraction of sp³-hybridized carbons (Fsp3) is 0.375. The van der Waals surface area contributed by atoms with Gasteiger partial charge in [-0.2, -0.15) is 0 Å². The summed E-state index contributed by atoms with van der Waals surface area (Å²) in [5, 5.41) is 14.2. The molecule has 1 fully saturated rings. The Morgan fingerprint density at radius 1 is 1.30 bits per heavy atom. The van der Waals surface area contributed by atoms with Gasteiger partial charge in [-0.25, -0.2) is 0 Å². The van der Waals surface area contributed by atoms with E-state index in [2.05, 4.69) is 46.4 Å². The van der Waals surface area contributed by atoms with Gasteiger partial charge in [-0.05, 0) is 31.2 Å². The lowest BCUT2D eigenvalue weighted by Crippen LogP contribution is -2.10. The summed E-state index contributed by atoms with van der Waals surface area (Å²) in [5.74, 6) is 0.673. The van der Waals surface area contributed by atoms with E-state index in [4.69, 9.17) is 0 Å². The van der Waals surface area contributed by atoms with E-state index in [1.54, 1.807) is 11.3 Å². The van der Waals surface area contributed by atoms with E-state index in [1.165, 1.54) is 23.4 Å². The van der Waals surface area contributed by atoms with Crippen molar-refractivity contribution in [2.24, 2.45) is 0 Å². The molecule has 4 heteroatoms. The smallest absolute Gasteiger partial charge is 0.206 e. The molecule has 3 rings (SSSR count). The van der Waals surface area contributed by atoms with Crippen LogP contribution in [-0.2, 0) is 0 Å². The van der Waals surface area contributed by atoms with Gasteiger partial charge in [0, 0.05) is 5.92 Å². The molecular formula is C16H19N3S. The Bertz CT molecular complexity index is 560. The van der Waals surface area contributed by atoms with Crippen molar-refractivity contribution in [3.8, 4) is 0 Å². The number of aromatic nitrogens is 2. The molecule has 0 aliphatic heterocycles. The van der Waals surface area contributed by atoms with Crippen molar-refractivity contribution < 1.29 is 0 Å². The number of rotatable bonds is 7. The third kappa shape index (κ3) is 3.25. The van der Waals surface area contributed by atoms with E-state index in [0.29, 0.717) is 5.92 Å².